The summed E-state index contributed by atoms with van der Waals surface area (Å²) >= 11 is 0. The molecule has 1 aliphatic carbocycles. The fourth-order valence-corrected chi connectivity index (χ4v) is 3.72. The van der Waals surface area contributed by atoms with Gasteiger partial charge >= 0.3 is 0 Å². The molecule has 0 spiro atoms. The van der Waals surface area contributed by atoms with Gasteiger partial charge < -0.3 is 36.5 Å². The Hall–Kier alpha value is -4.43. The quantitative estimate of drug-likeness (QED) is 0.103. The minimum atomic E-state index is -0.573. The first-order valence-corrected chi connectivity index (χ1v) is 13.8. The van der Waals surface area contributed by atoms with Crippen molar-refractivity contribution in [3.63, 3.8) is 0 Å². The molecule has 0 bridgehead atoms. The summed E-state index contributed by atoms with van der Waals surface area (Å²) in [5.41, 5.74) is 3.13. The van der Waals surface area contributed by atoms with Gasteiger partial charge in [-0.25, -0.2) is 4.98 Å². The Labute approximate surface area is 242 Å². The maximum atomic E-state index is 12.5. The van der Waals surface area contributed by atoms with Crippen molar-refractivity contribution in [2.45, 2.75) is 44.7 Å². The average Bonchev–Trinajstić information content (AvgIpc) is 3.78. The maximum Gasteiger partial charge on any atom is 0.246 e. The summed E-state index contributed by atoms with van der Waals surface area (Å²) in [6.07, 6.45) is 9.73. The maximum absolute atomic E-state index is 12.5. The third-order valence-corrected chi connectivity index (χ3v) is 6.48. The van der Waals surface area contributed by atoms with Crippen LogP contribution in [0, 0.1) is 17.3 Å². The van der Waals surface area contributed by atoms with Crippen molar-refractivity contribution in [3.05, 3.63) is 47.7 Å². The van der Waals surface area contributed by atoms with Crippen LogP contribution in [0.25, 0.3) is 0 Å². The summed E-state index contributed by atoms with van der Waals surface area (Å²) < 4.78 is 0. The number of benzene rings is 1. The summed E-state index contributed by atoms with van der Waals surface area (Å²) in [6, 6.07) is 5.49. The molecular formula is C30H41N9O2. The van der Waals surface area contributed by atoms with E-state index in [4.69, 9.17) is 5.41 Å². The van der Waals surface area contributed by atoms with Crippen molar-refractivity contribution in [1.29, 1.82) is 5.41 Å². The number of nitrogens with zero attached hydrogens (tertiary/aromatic N) is 4. The molecule has 0 saturated heterocycles. The van der Waals surface area contributed by atoms with Crippen LogP contribution in [-0.4, -0.2) is 91.2 Å². The Bertz CT molecular complexity index is 1310. The molecular weight excluding hydrogens is 518 g/mol. The molecule has 0 aliphatic heterocycles. The van der Waals surface area contributed by atoms with Gasteiger partial charge in [-0.15, -0.1) is 0 Å². The fourth-order valence-electron chi connectivity index (χ4n) is 3.72. The van der Waals surface area contributed by atoms with E-state index in [0.29, 0.717) is 49.3 Å². The van der Waals surface area contributed by atoms with Crippen LogP contribution in [0.5, 0.6) is 0 Å². The van der Waals surface area contributed by atoms with Gasteiger partial charge in [-0.1, -0.05) is 17.9 Å². The number of anilines is 4. The van der Waals surface area contributed by atoms with Gasteiger partial charge in [0.15, 0.2) is 0 Å². The lowest BCUT2D eigenvalue weighted by Crippen LogP contribution is -2.45. The van der Waals surface area contributed by atoms with E-state index in [1.807, 2.05) is 44.2 Å². The molecule has 1 aromatic carbocycles. The second kappa shape index (κ2) is 15.4. The van der Waals surface area contributed by atoms with E-state index in [2.05, 4.69) is 43.1 Å². The van der Waals surface area contributed by atoms with Crippen molar-refractivity contribution in [3.8, 4) is 11.8 Å². The molecule has 0 radical (unpaired) electrons. The Morgan fingerprint density at radius 3 is 2.71 bits per heavy atom. The van der Waals surface area contributed by atoms with E-state index in [1.54, 1.807) is 26.2 Å². The zero-order valence-electron chi connectivity index (χ0n) is 24.5. The topological polar surface area (TPSA) is 138 Å². The van der Waals surface area contributed by atoms with Crippen molar-refractivity contribution in [2.24, 2.45) is 0 Å². The summed E-state index contributed by atoms with van der Waals surface area (Å²) in [4.78, 5) is 37.2. The van der Waals surface area contributed by atoms with E-state index in [9.17, 15) is 9.59 Å². The molecule has 0 unspecified atom stereocenters. The van der Waals surface area contributed by atoms with Crippen molar-refractivity contribution in [1.82, 2.24) is 25.1 Å². The first-order valence-electron chi connectivity index (χ1n) is 13.8. The van der Waals surface area contributed by atoms with Crippen LogP contribution in [0.15, 0.2) is 36.5 Å². The van der Waals surface area contributed by atoms with Crippen LogP contribution in [0.4, 0.5) is 23.1 Å². The lowest BCUT2D eigenvalue weighted by Gasteiger charge is -2.23. The number of hydrogen-bond donors (Lipinski definition) is 5. The van der Waals surface area contributed by atoms with Crippen LogP contribution in [0.3, 0.4) is 0 Å². The minimum Gasteiger partial charge on any atom is -0.388 e. The van der Waals surface area contributed by atoms with Crippen LogP contribution < -0.4 is 21.3 Å². The molecule has 1 aliphatic rings. The van der Waals surface area contributed by atoms with Crippen LogP contribution >= 0.6 is 0 Å². The van der Waals surface area contributed by atoms with E-state index in [-0.39, 0.29) is 11.8 Å². The predicted octanol–water partition coefficient (Wildman–Crippen LogP) is 3.05. The SMILES string of the molecule is CNc1ccc(Nc2ncc(C#CCCCNC(=O)[C@H](C)N(C)C(=O)/C=C/CN(C)C)c(NC3CC3)n2)cc1C=N. The van der Waals surface area contributed by atoms with Gasteiger partial charge in [0, 0.05) is 68.9 Å². The van der Waals surface area contributed by atoms with Gasteiger partial charge in [-0.3, -0.25) is 9.59 Å². The highest BCUT2D eigenvalue weighted by atomic mass is 16.2. The molecule has 11 nitrogen and oxygen atoms in total. The Morgan fingerprint density at radius 2 is 2.02 bits per heavy atom. The van der Waals surface area contributed by atoms with E-state index in [1.165, 1.54) is 17.2 Å². The Balaban J connectivity index is 1.52. The van der Waals surface area contributed by atoms with Gasteiger partial charge in [0.1, 0.15) is 11.9 Å². The summed E-state index contributed by atoms with van der Waals surface area (Å²) in [5, 5.41) is 20.2. The van der Waals surface area contributed by atoms with Crippen LogP contribution in [0.1, 0.15) is 43.7 Å². The molecule has 1 saturated carbocycles. The van der Waals surface area contributed by atoms with Gasteiger partial charge in [0.2, 0.25) is 17.8 Å². The normalized spacial score (nSPS) is 13.2. The molecule has 41 heavy (non-hydrogen) atoms. The highest BCUT2D eigenvalue weighted by Crippen LogP contribution is 2.27. The predicted molar refractivity (Wildman–Crippen MR) is 165 cm³/mol. The monoisotopic (exact) mass is 559 g/mol. The molecule has 11 heteroatoms. The van der Waals surface area contributed by atoms with Crippen LogP contribution in [-0.2, 0) is 9.59 Å². The third-order valence-electron chi connectivity index (χ3n) is 6.48. The molecule has 2 aromatic rings. The molecule has 5 N–H and O–H groups in total. The van der Waals surface area contributed by atoms with Gasteiger partial charge in [-0.05, 0) is 58.5 Å². The number of aromatic nitrogens is 2. The number of likely N-dealkylation sites (N-methyl/N-ethyl adjacent to an activating group) is 2. The lowest BCUT2D eigenvalue weighted by molar-refractivity contribution is -0.135. The van der Waals surface area contributed by atoms with E-state index in [0.717, 1.165) is 29.8 Å². The first-order chi connectivity index (χ1) is 19.7. The van der Waals surface area contributed by atoms with Gasteiger partial charge in [0.05, 0.1) is 11.8 Å². The van der Waals surface area contributed by atoms with Gasteiger partial charge in [0.25, 0.3) is 0 Å². The number of amides is 2. The van der Waals surface area contributed by atoms with E-state index < -0.39 is 6.04 Å². The Kier molecular flexibility index (Phi) is 11.7. The van der Waals surface area contributed by atoms with Crippen molar-refractivity contribution >= 4 is 41.2 Å². The van der Waals surface area contributed by atoms with E-state index >= 15 is 0 Å². The average molecular weight is 560 g/mol. The summed E-state index contributed by atoms with van der Waals surface area (Å²) in [7, 11) is 7.29. The second-order valence-electron chi connectivity index (χ2n) is 10.2. The lowest BCUT2D eigenvalue weighted by atomic mass is 10.1. The zero-order chi connectivity index (χ0) is 29.8. The second-order valence-corrected chi connectivity index (χ2v) is 10.2. The molecule has 1 atom stereocenters. The molecule has 1 fully saturated rings. The summed E-state index contributed by atoms with van der Waals surface area (Å²) in [6.45, 7) is 2.84. The van der Waals surface area contributed by atoms with Crippen LogP contribution in [0.2, 0.25) is 0 Å². The summed E-state index contributed by atoms with van der Waals surface area (Å²) in [5.74, 6) is 7.05. The number of nitrogens with one attached hydrogen (secondary N) is 5. The molecule has 218 valence electrons. The van der Waals surface area contributed by atoms with Crippen molar-refractivity contribution < 1.29 is 9.59 Å². The number of unbranched alkanes of at least 4 members (excludes halogenated alkanes) is 1. The number of hydrogen-bond acceptors (Lipinski definition) is 9. The number of carbonyl (C=O) groups is 2. The largest absolute Gasteiger partial charge is 0.388 e. The highest BCUT2D eigenvalue weighted by molar-refractivity contribution is 5.92. The number of carbonyl (C=O) groups excluding carboxylic acids is 2. The molecule has 1 heterocycles. The number of rotatable bonds is 14. The molecule has 3 rings (SSSR count). The molecule has 2 amide bonds. The highest BCUT2D eigenvalue weighted by Gasteiger charge is 2.23. The smallest absolute Gasteiger partial charge is 0.246 e. The molecule has 1 aromatic heterocycles. The third kappa shape index (κ3) is 9.92. The van der Waals surface area contributed by atoms with Gasteiger partial charge in [-0.2, -0.15) is 4.98 Å². The minimum absolute atomic E-state index is 0.199. The Morgan fingerprint density at radius 1 is 1.24 bits per heavy atom. The standard InChI is InChI=1S/C30H41N9O2/c1-21(39(5)27(40)11-9-17-38(3)4)29(41)33-16-8-6-7-10-22-20-34-30(37-28(22)35-24-12-13-24)36-25-14-15-26(32-2)23(18-25)19-31/h9,11,14-15,18-21,24,31-32H,6,8,12-13,16-17H2,1-5H3,(H,33,41)(H2,34,35,36,37)/b11-9+,31-19?/t21-/m0/s1. The fraction of sp³-hybridized carbons (Fsp3) is 0.433. The van der Waals surface area contributed by atoms with Crippen molar-refractivity contribution in [2.75, 3.05) is 57.2 Å². The zero-order valence-corrected chi connectivity index (χ0v) is 24.5. The first kappa shape index (κ1) is 31.1.